The molecular formula is C18H25FN2OS. The fraction of sp³-hybridized carbons (Fsp3) is 0.444. The van der Waals surface area contributed by atoms with Gasteiger partial charge in [-0.1, -0.05) is 26.0 Å². The molecule has 0 aliphatic carbocycles. The van der Waals surface area contributed by atoms with E-state index in [-0.39, 0.29) is 5.82 Å². The van der Waals surface area contributed by atoms with Crippen LogP contribution in [-0.2, 0) is 17.3 Å². The maximum Gasteiger partial charge on any atom is 0.123 e. The van der Waals surface area contributed by atoms with Crippen molar-refractivity contribution in [3.05, 3.63) is 47.4 Å². The molecule has 0 amide bonds. The van der Waals surface area contributed by atoms with Crippen molar-refractivity contribution in [2.75, 3.05) is 5.75 Å². The van der Waals surface area contributed by atoms with Gasteiger partial charge >= 0.3 is 0 Å². The van der Waals surface area contributed by atoms with Crippen LogP contribution >= 0.6 is 0 Å². The van der Waals surface area contributed by atoms with Gasteiger partial charge in [-0.15, -0.1) is 0 Å². The van der Waals surface area contributed by atoms with E-state index in [2.05, 4.69) is 9.98 Å². The second-order valence-corrected chi connectivity index (χ2v) is 6.99. The minimum absolute atomic E-state index is 0.243. The second kappa shape index (κ2) is 10.2. The van der Waals surface area contributed by atoms with Crippen LogP contribution in [0.4, 0.5) is 4.39 Å². The molecule has 0 saturated heterocycles. The van der Waals surface area contributed by atoms with E-state index in [0.29, 0.717) is 12.3 Å². The first kappa shape index (κ1) is 19.4. The molecule has 0 bridgehead atoms. The van der Waals surface area contributed by atoms with E-state index in [1.165, 1.54) is 12.1 Å². The summed E-state index contributed by atoms with van der Waals surface area (Å²) in [7, 11) is -1.000. The number of halogens is 1. The summed E-state index contributed by atoms with van der Waals surface area (Å²) >= 11 is 0. The third kappa shape index (κ3) is 6.99. The van der Waals surface area contributed by atoms with E-state index < -0.39 is 10.8 Å². The summed E-state index contributed by atoms with van der Waals surface area (Å²) in [6.45, 7) is 8.30. The van der Waals surface area contributed by atoms with Gasteiger partial charge in [-0.05, 0) is 50.0 Å². The number of allylic oxidation sites excluding steroid dienone is 1. The van der Waals surface area contributed by atoms with Gasteiger partial charge in [-0.2, -0.15) is 0 Å². The monoisotopic (exact) mass is 336 g/mol. The van der Waals surface area contributed by atoms with E-state index in [1.807, 2.05) is 27.7 Å². The zero-order valence-corrected chi connectivity index (χ0v) is 15.1. The van der Waals surface area contributed by atoms with Gasteiger partial charge in [0.25, 0.3) is 0 Å². The molecular weight excluding hydrogens is 311 g/mol. The largest absolute Gasteiger partial charge is 0.285 e. The fourth-order valence-electron chi connectivity index (χ4n) is 1.80. The third-order valence-electron chi connectivity index (χ3n) is 3.37. The van der Waals surface area contributed by atoms with Crippen molar-refractivity contribution in [1.29, 1.82) is 0 Å². The molecule has 0 heterocycles. The Hall–Kier alpha value is -1.62. The van der Waals surface area contributed by atoms with Crippen LogP contribution in [-0.4, -0.2) is 20.7 Å². The molecule has 0 aromatic heterocycles. The minimum Gasteiger partial charge on any atom is -0.285 e. The van der Waals surface area contributed by atoms with Crippen molar-refractivity contribution >= 4 is 21.6 Å². The van der Waals surface area contributed by atoms with Crippen molar-refractivity contribution < 1.29 is 8.60 Å². The molecule has 1 unspecified atom stereocenters. The maximum absolute atomic E-state index is 12.9. The lowest BCUT2D eigenvalue weighted by atomic mass is 10.2. The normalized spacial score (nSPS) is 14.9. The predicted molar refractivity (Wildman–Crippen MR) is 98.0 cm³/mol. The summed E-state index contributed by atoms with van der Waals surface area (Å²) < 4.78 is 24.8. The molecule has 0 aliphatic rings. The molecule has 1 aromatic rings. The average Bonchev–Trinajstić information content (AvgIpc) is 2.56. The molecule has 0 spiro atoms. The van der Waals surface area contributed by atoms with Crippen LogP contribution in [0.25, 0.3) is 0 Å². The van der Waals surface area contributed by atoms with Crippen molar-refractivity contribution in [2.24, 2.45) is 9.98 Å². The van der Waals surface area contributed by atoms with Crippen molar-refractivity contribution in [3.8, 4) is 0 Å². The van der Waals surface area contributed by atoms with Gasteiger partial charge in [-0.3, -0.25) is 14.2 Å². The highest BCUT2D eigenvalue weighted by atomic mass is 32.2. The van der Waals surface area contributed by atoms with Gasteiger partial charge < -0.3 is 0 Å². The Morgan fingerprint density at radius 3 is 2.43 bits per heavy atom. The zero-order chi connectivity index (χ0) is 17.2. The van der Waals surface area contributed by atoms with Crippen molar-refractivity contribution in [1.82, 2.24) is 0 Å². The number of nitrogens with zero attached hydrogens (tertiary/aromatic N) is 2. The molecule has 0 N–H and O–H groups in total. The fourth-order valence-corrected chi connectivity index (χ4v) is 2.74. The van der Waals surface area contributed by atoms with Gasteiger partial charge in [0, 0.05) is 17.7 Å². The molecule has 3 nitrogen and oxygen atoms in total. The summed E-state index contributed by atoms with van der Waals surface area (Å²) in [6, 6.07) is 6.33. The smallest absolute Gasteiger partial charge is 0.123 e. The molecule has 1 rings (SSSR count). The molecule has 0 fully saturated rings. The van der Waals surface area contributed by atoms with E-state index in [1.54, 1.807) is 18.3 Å². The van der Waals surface area contributed by atoms with Crippen LogP contribution in [0.5, 0.6) is 0 Å². The van der Waals surface area contributed by atoms with Gasteiger partial charge in [0.2, 0.25) is 0 Å². The molecule has 1 atom stereocenters. The number of hydrogen-bond donors (Lipinski definition) is 0. The highest BCUT2D eigenvalue weighted by Crippen LogP contribution is 2.07. The molecule has 0 aliphatic heterocycles. The molecule has 1 aromatic carbocycles. The van der Waals surface area contributed by atoms with E-state index in [4.69, 9.17) is 0 Å². The summed E-state index contributed by atoms with van der Waals surface area (Å²) in [6.07, 6.45) is 3.41. The summed E-state index contributed by atoms with van der Waals surface area (Å²) in [5, 5.41) is 0.737. The topological polar surface area (TPSA) is 41.8 Å². The Kier molecular flexibility index (Phi) is 8.62. The van der Waals surface area contributed by atoms with Crippen molar-refractivity contribution in [2.45, 2.75) is 47.1 Å². The Bertz CT molecular complexity index is 618. The number of benzene rings is 1. The lowest BCUT2D eigenvalue weighted by molar-refractivity contribution is 0.627. The van der Waals surface area contributed by atoms with Crippen LogP contribution in [0.3, 0.4) is 0 Å². The van der Waals surface area contributed by atoms with Crippen LogP contribution < -0.4 is 0 Å². The molecule has 5 heteroatoms. The Labute approximate surface area is 140 Å². The van der Waals surface area contributed by atoms with Crippen LogP contribution in [0, 0.1) is 5.82 Å². The van der Waals surface area contributed by atoms with E-state index in [9.17, 15) is 8.60 Å². The summed E-state index contributed by atoms with van der Waals surface area (Å²) in [5.41, 5.74) is 2.77. The van der Waals surface area contributed by atoms with Gasteiger partial charge in [0.05, 0.1) is 17.3 Å². The van der Waals surface area contributed by atoms with Crippen LogP contribution in [0.2, 0.25) is 0 Å². The van der Waals surface area contributed by atoms with E-state index in [0.717, 1.165) is 34.7 Å². The molecule has 23 heavy (non-hydrogen) atoms. The second-order valence-electron chi connectivity index (χ2n) is 5.25. The number of aliphatic imine (C=N–C) groups is 2. The first-order valence-electron chi connectivity index (χ1n) is 7.85. The standard InChI is InChI=1S/C18H25FN2OS/c1-5-7-18(23(22)6-2)21-12-14(3)15(4)20-13-16-8-10-17(19)11-9-16/h8-12H,5-7,13H2,1-4H3/b14-12+,20-15?,21-18?. The molecule has 126 valence electrons. The minimum atomic E-state index is -1.000. The SMILES string of the molecule is CCCC(=N/C=C(\C)C(C)=NCc1ccc(F)cc1)S(=O)CC. The average molecular weight is 336 g/mol. The predicted octanol–water partition coefficient (Wildman–Crippen LogP) is 4.66. The van der Waals surface area contributed by atoms with Crippen LogP contribution in [0.15, 0.2) is 46.0 Å². The third-order valence-corrected chi connectivity index (χ3v) is 4.73. The van der Waals surface area contributed by atoms with Crippen LogP contribution in [0.1, 0.15) is 46.1 Å². The first-order chi connectivity index (χ1) is 11.0. The first-order valence-corrected chi connectivity index (χ1v) is 9.17. The maximum atomic E-state index is 12.9. The molecule has 0 saturated carbocycles. The number of rotatable bonds is 7. The van der Waals surface area contributed by atoms with E-state index >= 15 is 0 Å². The quantitative estimate of drug-likeness (QED) is 0.527. The summed E-state index contributed by atoms with van der Waals surface area (Å²) in [4.78, 5) is 8.89. The zero-order valence-electron chi connectivity index (χ0n) is 14.3. The highest BCUT2D eigenvalue weighted by molar-refractivity contribution is 8.00. The summed E-state index contributed by atoms with van der Waals surface area (Å²) in [5.74, 6) is 0.343. The number of hydrogen-bond acceptors (Lipinski definition) is 3. The lowest BCUT2D eigenvalue weighted by Gasteiger charge is -2.03. The Morgan fingerprint density at radius 1 is 1.22 bits per heavy atom. The Morgan fingerprint density at radius 2 is 1.87 bits per heavy atom. The van der Waals surface area contributed by atoms with Gasteiger partial charge in [0.1, 0.15) is 10.9 Å². The highest BCUT2D eigenvalue weighted by Gasteiger charge is 2.05. The lowest BCUT2D eigenvalue weighted by Crippen LogP contribution is -2.09. The molecule has 0 radical (unpaired) electrons. The van der Waals surface area contributed by atoms with Gasteiger partial charge in [-0.25, -0.2) is 4.39 Å². The van der Waals surface area contributed by atoms with Gasteiger partial charge in [0.15, 0.2) is 0 Å². The Balaban J connectivity index is 2.80. The van der Waals surface area contributed by atoms with Crippen molar-refractivity contribution in [3.63, 3.8) is 0 Å².